The van der Waals surface area contributed by atoms with Crippen LogP contribution in [0.2, 0.25) is 0 Å². The van der Waals surface area contributed by atoms with Crippen LogP contribution in [-0.4, -0.2) is 53.5 Å². The maximum absolute atomic E-state index is 5.38. The van der Waals surface area contributed by atoms with Gasteiger partial charge in [-0.05, 0) is 42.8 Å². The fraction of sp³-hybridized carbons (Fsp3) is 0.667. The van der Waals surface area contributed by atoms with Gasteiger partial charge in [0, 0.05) is 17.7 Å². The van der Waals surface area contributed by atoms with Crippen molar-refractivity contribution in [2.24, 2.45) is 5.92 Å². The molecule has 1 saturated heterocycles. The maximum atomic E-state index is 5.38. The Hall–Kier alpha value is -2.15. The smallest absolute Gasteiger partial charge is 0.210 e. The third kappa shape index (κ3) is 4.14. The normalized spacial score (nSPS) is 17.2. The van der Waals surface area contributed by atoms with Crippen LogP contribution in [0.15, 0.2) is 24.3 Å². The van der Waals surface area contributed by atoms with E-state index in [1.54, 1.807) is 12.0 Å². The molecule has 0 spiro atoms. The molecule has 7 nitrogen and oxygen atoms in total. The lowest BCUT2D eigenvalue weighted by Crippen LogP contribution is -3.15. The number of tetrazole rings is 1. The summed E-state index contributed by atoms with van der Waals surface area (Å²) in [6, 6.07) is 8.64. The van der Waals surface area contributed by atoms with Gasteiger partial charge in [0.2, 0.25) is 5.82 Å². The van der Waals surface area contributed by atoms with E-state index in [1.807, 2.05) is 6.07 Å². The number of aromatic nitrogens is 4. The Kier molecular flexibility index (Phi) is 6.23. The number of nitrogens with one attached hydrogen (secondary N) is 1. The van der Waals surface area contributed by atoms with Crippen LogP contribution in [0.4, 0.5) is 5.69 Å². The molecule has 7 heteroatoms. The Bertz CT molecular complexity index is 764. The molecule has 0 radical (unpaired) electrons. The van der Waals surface area contributed by atoms with E-state index in [-0.39, 0.29) is 5.54 Å². The van der Waals surface area contributed by atoms with Crippen molar-refractivity contribution in [1.29, 1.82) is 0 Å². The molecule has 0 saturated carbocycles. The maximum Gasteiger partial charge on any atom is 0.210 e. The van der Waals surface area contributed by atoms with Gasteiger partial charge in [0.15, 0.2) is 6.04 Å². The lowest BCUT2D eigenvalue weighted by atomic mass is 9.97. The summed E-state index contributed by atoms with van der Waals surface area (Å²) in [7, 11) is 1.72. The molecule has 0 amide bonds. The first-order chi connectivity index (χ1) is 13.4. The number of quaternary nitrogens is 1. The molecule has 0 unspecified atom stereocenters. The van der Waals surface area contributed by atoms with E-state index < -0.39 is 0 Å². The largest absolute Gasteiger partial charge is 0.497 e. The highest BCUT2D eigenvalue weighted by atomic mass is 16.5. The summed E-state index contributed by atoms with van der Waals surface area (Å²) in [6.45, 7) is 15.3. The summed E-state index contributed by atoms with van der Waals surface area (Å²) in [5.41, 5.74) is 1.16. The van der Waals surface area contributed by atoms with Crippen molar-refractivity contribution in [1.82, 2.24) is 20.2 Å². The van der Waals surface area contributed by atoms with Crippen molar-refractivity contribution in [3.05, 3.63) is 30.1 Å². The van der Waals surface area contributed by atoms with Crippen molar-refractivity contribution >= 4 is 5.69 Å². The lowest BCUT2D eigenvalue weighted by Gasteiger charge is -2.39. The highest BCUT2D eigenvalue weighted by Crippen LogP contribution is 2.25. The Labute approximate surface area is 168 Å². The summed E-state index contributed by atoms with van der Waals surface area (Å²) in [4.78, 5) is 4.01. The molecule has 28 heavy (non-hydrogen) atoms. The number of ether oxygens (including phenoxy) is 1. The van der Waals surface area contributed by atoms with E-state index in [1.165, 1.54) is 5.69 Å². The minimum atomic E-state index is -0.0756. The summed E-state index contributed by atoms with van der Waals surface area (Å²) in [5.74, 6) is 2.40. The number of hydrogen-bond donors (Lipinski definition) is 1. The van der Waals surface area contributed by atoms with Gasteiger partial charge in [-0.2, -0.15) is 0 Å². The highest BCUT2D eigenvalue weighted by Gasteiger charge is 2.37. The molecule has 3 rings (SSSR count). The van der Waals surface area contributed by atoms with Crippen LogP contribution in [0.5, 0.6) is 5.75 Å². The molecular weight excluding hydrogens is 352 g/mol. The Morgan fingerprint density at radius 1 is 1.21 bits per heavy atom. The Morgan fingerprint density at radius 2 is 1.93 bits per heavy atom. The van der Waals surface area contributed by atoms with Gasteiger partial charge in [0.25, 0.3) is 0 Å². The third-order valence-electron chi connectivity index (χ3n) is 6.14. The fourth-order valence-corrected chi connectivity index (χ4v) is 4.09. The highest BCUT2D eigenvalue weighted by molar-refractivity contribution is 5.50. The van der Waals surface area contributed by atoms with E-state index in [9.17, 15) is 0 Å². The van der Waals surface area contributed by atoms with Crippen LogP contribution in [-0.2, 0) is 5.54 Å². The first-order valence-corrected chi connectivity index (χ1v) is 10.4. The Morgan fingerprint density at radius 3 is 2.54 bits per heavy atom. The molecule has 0 bridgehead atoms. The van der Waals surface area contributed by atoms with Crippen LogP contribution in [0.25, 0.3) is 0 Å². The molecule has 2 aromatic rings. The number of hydrogen-bond acceptors (Lipinski definition) is 5. The zero-order valence-electron chi connectivity index (χ0n) is 18.1. The summed E-state index contributed by atoms with van der Waals surface area (Å²) in [6.07, 6.45) is 0.995. The number of anilines is 1. The predicted octanol–water partition coefficient (Wildman–Crippen LogP) is 1.93. The molecule has 1 aliphatic rings. The minimum absolute atomic E-state index is 0.0756. The van der Waals surface area contributed by atoms with Gasteiger partial charge in [-0.1, -0.05) is 26.8 Å². The zero-order valence-corrected chi connectivity index (χ0v) is 18.1. The molecule has 1 atom stereocenters. The van der Waals surface area contributed by atoms with E-state index in [0.717, 1.165) is 44.2 Å². The van der Waals surface area contributed by atoms with Gasteiger partial charge < -0.3 is 14.5 Å². The predicted molar refractivity (Wildman–Crippen MR) is 111 cm³/mol. The van der Waals surface area contributed by atoms with E-state index >= 15 is 0 Å². The van der Waals surface area contributed by atoms with Crippen molar-refractivity contribution < 1.29 is 9.64 Å². The second kappa shape index (κ2) is 8.47. The van der Waals surface area contributed by atoms with Crippen LogP contribution in [0.1, 0.15) is 52.9 Å². The van der Waals surface area contributed by atoms with Gasteiger partial charge in [-0.3, -0.25) is 0 Å². The van der Waals surface area contributed by atoms with Crippen molar-refractivity contribution in [3.63, 3.8) is 0 Å². The fourth-order valence-electron chi connectivity index (χ4n) is 4.09. The molecular formula is C21H35N6O+. The minimum Gasteiger partial charge on any atom is -0.497 e. The lowest BCUT2D eigenvalue weighted by molar-refractivity contribution is -0.937. The molecule has 1 aromatic heterocycles. The van der Waals surface area contributed by atoms with Crippen molar-refractivity contribution in [2.75, 3.05) is 38.2 Å². The van der Waals surface area contributed by atoms with Gasteiger partial charge in [0.1, 0.15) is 5.75 Å². The van der Waals surface area contributed by atoms with Crippen LogP contribution in [0.3, 0.4) is 0 Å². The van der Waals surface area contributed by atoms with Crippen molar-refractivity contribution in [2.45, 2.75) is 52.6 Å². The average Bonchev–Trinajstić information content (AvgIpc) is 3.18. The molecule has 1 fully saturated rings. The topological polar surface area (TPSA) is 60.5 Å². The molecule has 1 aliphatic heterocycles. The first-order valence-electron chi connectivity index (χ1n) is 10.4. The van der Waals surface area contributed by atoms with Gasteiger partial charge in [-0.25, -0.2) is 4.68 Å². The van der Waals surface area contributed by atoms with Crippen LogP contribution in [0, 0.1) is 5.92 Å². The zero-order chi connectivity index (χ0) is 20.3. The standard InChI is InChI=1S/C21H34N6O/c1-7-21(4,5)27-20(22-23-24-27)19(16(2)3)26-13-11-25(12-14-26)17-9-8-10-18(15-17)28-6/h8-10,15-16,19H,7,11-14H2,1-6H3/p+1/t19-/m1/s1. The van der Waals surface area contributed by atoms with Gasteiger partial charge in [-0.15, -0.1) is 5.10 Å². The SMILES string of the molecule is CCC(C)(C)n1nnnc1[C@@H](C(C)C)[NH+]1CCN(c2cccc(OC)c2)CC1. The summed E-state index contributed by atoms with van der Waals surface area (Å²) in [5, 5.41) is 12.9. The van der Waals surface area contributed by atoms with E-state index in [0.29, 0.717) is 12.0 Å². The monoisotopic (exact) mass is 387 g/mol. The van der Waals surface area contributed by atoms with E-state index in [4.69, 9.17) is 4.74 Å². The number of rotatable bonds is 7. The van der Waals surface area contributed by atoms with Crippen molar-refractivity contribution in [3.8, 4) is 5.75 Å². The number of piperazine rings is 1. The molecule has 1 aromatic carbocycles. The number of benzene rings is 1. The molecule has 1 N–H and O–H groups in total. The quantitative estimate of drug-likeness (QED) is 0.787. The Balaban J connectivity index is 1.77. The van der Waals surface area contributed by atoms with Gasteiger partial charge in [0.05, 0.1) is 38.8 Å². The number of nitrogens with zero attached hydrogens (tertiary/aromatic N) is 5. The second-order valence-corrected chi connectivity index (χ2v) is 8.68. The molecule has 0 aliphatic carbocycles. The molecule has 154 valence electrons. The van der Waals surface area contributed by atoms with Crippen LogP contribution < -0.4 is 14.5 Å². The summed E-state index contributed by atoms with van der Waals surface area (Å²) >= 11 is 0. The average molecular weight is 388 g/mol. The molecule has 2 heterocycles. The second-order valence-electron chi connectivity index (χ2n) is 8.68. The third-order valence-corrected chi connectivity index (χ3v) is 6.14. The van der Waals surface area contributed by atoms with Gasteiger partial charge >= 0.3 is 0 Å². The number of methoxy groups -OCH3 is 1. The summed E-state index contributed by atoms with van der Waals surface area (Å²) < 4.78 is 7.44. The first kappa shape index (κ1) is 20.6. The van der Waals surface area contributed by atoms with E-state index in [2.05, 4.69) is 77.9 Å². The van der Waals surface area contributed by atoms with Crippen LogP contribution >= 0.6 is 0 Å².